The highest BCUT2D eigenvalue weighted by Crippen LogP contribution is 2.26. The number of rotatable bonds is 9. The first kappa shape index (κ1) is 26.3. The number of nitrogens with one attached hydrogen (secondary N) is 2. The Morgan fingerprint density at radius 1 is 0.914 bits per heavy atom. The molecule has 0 unspecified atom stereocenters. The van der Waals surface area contributed by atoms with Crippen LogP contribution in [0.3, 0.4) is 0 Å². The zero-order valence-electron chi connectivity index (χ0n) is 21.2. The average molecular weight is 495 g/mol. The van der Waals surface area contributed by atoms with Gasteiger partial charge in [0.25, 0.3) is 15.9 Å². The summed E-state index contributed by atoms with van der Waals surface area (Å²) in [7, 11) is -2.28. The molecule has 0 heterocycles. The molecule has 186 valence electrons. The lowest BCUT2D eigenvalue weighted by atomic mass is 9.96. The molecule has 0 fully saturated rings. The van der Waals surface area contributed by atoms with E-state index < -0.39 is 10.0 Å². The Morgan fingerprint density at radius 2 is 1.60 bits per heavy atom. The SMILES string of the molecule is COc1ccc([C@@H](CC(C)C)NC(=O)c2ccc(C)c(S(=O)(=O)Nc3ccc(C)cc3C)c2)cc1. The molecule has 0 saturated heterocycles. The molecule has 1 amide bonds. The van der Waals surface area contributed by atoms with Crippen LogP contribution in [0.2, 0.25) is 0 Å². The van der Waals surface area contributed by atoms with E-state index in [0.29, 0.717) is 22.7 Å². The van der Waals surface area contributed by atoms with Crippen molar-refractivity contribution < 1.29 is 17.9 Å². The molecule has 0 aliphatic rings. The smallest absolute Gasteiger partial charge is 0.262 e. The van der Waals surface area contributed by atoms with Gasteiger partial charge >= 0.3 is 0 Å². The Kier molecular flexibility index (Phi) is 8.22. The van der Waals surface area contributed by atoms with E-state index in [2.05, 4.69) is 23.9 Å². The zero-order chi connectivity index (χ0) is 25.8. The van der Waals surface area contributed by atoms with E-state index in [4.69, 9.17) is 4.74 Å². The Labute approximate surface area is 208 Å². The number of aryl methyl sites for hydroxylation is 3. The number of amides is 1. The summed E-state index contributed by atoms with van der Waals surface area (Å²) in [5, 5.41) is 3.09. The number of sulfonamides is 1. The van der Waals surface area contributed by atoms with E-state index in [-0.39, 0.29) is 16.8 Å². The highest BCUT2D eigenvalue weighted by Gasteiger charge is 2.22. The zero-order valence-corrected chi connectivity index (χ0v) is 22.0. The predicted molar refractivity (Wildman–Crippen MR) is 141 cm³/mol. The molecule has 0 spiro atoms. The van der Waals surface area contributed by atoms with Crippen molar-refractivity contribution in [3.63, 3.8) is 0 Å². The van der Waals surface area contributed by atoms with Crippen molar-refractivity contribution >= 4 is 21.6 Å². The number of benzene rings is 3. The summed E-state index contributed by atoms with van der Waals surface area (Å²) in [5.74, 6) is 0.765. The number of hydrogen-bond acceptors (Lipinski definition) is 4. The topological polar surface area (TPSA) is 84.5 Å². The lowest BCUT2D eigenvalue weighted by Crippen LogP contribution is -2.30. The van der Waals surface area contributed by atoms with Crippen LogP contribution in [0.4, 0.5) is 5.69 Å². The van der Waals surface area contributed by atoms with E-state index in [9.17, 15) is 13.2 Å². The number of methoxy groups -OCH3 is 1. The normalized spacial score (nSPS) is 12.3. The maximum absolute atomic E-state index is 13.2. The number of hydrogen-bond donors (Lipinski definition) is 2. The molecule has 3 rings (SSSR count). The van der Waals surface area contributed by atoms with Gasteiger partial charge in [-0.3, -0.25) is 9.52 Å². The molecular formula is C28H34N2O4S. The summed E-state index contributed by atoms with van der Waals surface area (Å²) >= 11 is 0. The van der Waals surface area contributed by atoms with Gasteiger partial charge in [0.15, 0.2) is 0 Å². The third kappa shape index (κ3) is 6.63. The van der Waals surface area contributed by atoms with Crippen molar-refractivity contribution in [1.29, 1.82) is 0 Å². The molecule has 0 radical (unpaired) electrons. The first-order valence-corrected chi connectivity index (χ1v) is 13.1. The van der Waals surface area contributed by atoms with Gasteiger partial charge in [-0.1, -0.05) is 49.7 Å². The largest absolute Gasteiger partial charge is 0.497 e. The predicted octanol–water partition coefficient (Wildman–Crippen LogP) is 5.94. The molecule has 7 heteroatoms. The fourth-order valence-electron chi connectivity index (χ4n) is 3.99. The van der Waals surface area contributed by atoms with E-state index >= 15 is 0 Å². The Balaban J connectivity index is 1.88. The molecule has 3 aromatic carbocycles. The Bertz CT molecular complexity index is 1300. The molecule has 0 aliphatic heterocycles. The number of anilines is 1. The first-order chi connectivity index (χ1) is 16.5. The Hall–Kier alpha value is -3.32. The van der Waals surface area contributed by atoms with Crippen LogP contribution in [-0.4, -0.2) is 21.4 Å². The summed E-state index contributed by atoms with van der Waals surface area (Å²) in [6.45, 7) is 9.72. The number of carbonyl (C=O) groups is 1. The minimum Gasteiger partial charge on any atom is -0.497 e. The first-order valence-electron chi connectivity index (χ1n) is 11.7. The number of ether oxygens (including phenoxy) is 1. The van der Waals surface area contributed by atoms with Crippen molar-refractivity contribution in [3.8, 4) is 5.75 Å². The summed E-state index contributed by atoms with van der Waals surface area (Å²) < 4.78 is 34.4. The molecule has 0 aromatic heterocycles. The van der Waals surface area contributed by atoms with Crippen molar-refractivity contribution in [2.75, 3.05) is 11.8 Å². The molecule has 0 saturated carbocycles. The van der Waals surface area contributed by atoms with Crippen LogP contribution in [-0.2, 0) is 10.0 Å². The summed E-state index contributed by atoms with van der Waals surface area (Å²) in [6.07, 6.45) is 0.739. The fourth-order valence-corrected chi connectivity index (χ4v) is 5.39. The second kappa shape index (κ2) is 11.0. The minimum absolute atomic E-state index is 0.0787. The average Bonchev–Trinajstić information content (AvgIpc) is 2.80. The van der Waals surface area contributed by atoms with Gasteiger partial charge in [-0.2, -0.15) is 0 Å². The molecule has 0 aliphatic carbocycles. The number of carbonyl (C=O) groups excluding carboxylic acids is 1. The van der Waals surface area contributed by atoms with E-state index in [0.717, 1.165) is 28.9 Å². The second-order valence-corrected chi connectivity index (χ2v) is 11.0. The summed E-state index contributed by atoms with van der Waals surface area (Å²) in [6, 6.07) is 17.7. The van der Waals surface area contributed by atoms with E-state index in [1.54, 1.807) is 32.2 Å². The quantitative estimate of drug-likeness (QED) is 0.386. The summed E-state index contributed by atoms with van der Waals surface area (Å²) in [4.78, 5) is 13.3. The van der Waals surface area contributed by atoms with Crippen molar-refractivity contribution in [1.82, 2.24) is 5.32 Å². The van der Waals surface area contributed by atoms with Crippen LogP contribution >= 0.6 is 0 Å². The van der Waals surface area contributed by atoms with Crippen molar-refractivity contribution in [2.24, 2.45) is 5.92 Å². The van der Waals surface area contributed by atoms with Crippen LogP contribution in [0.1, 0.15) is 58.9 Å². The molecule has 6 nitrogen and oxygen atoms in total. The van der Waals surface area contributed by atoms with Gasteiger partial charge in [0.1, 0.15) is 5.75 Å². The highest BCUT2D eigenvalue weighted by molar-refractivity contribution is 7.92. The second-order valence-electron chi connectivity index (χ2n) is 9.33. The fraction of sp³-hybridized carbons (Fsp3) is 0.321. The van der Waals surface area contributed by atoms with Crippen LogP contribution in [0.15, 0.2) is 65.6 Å². The Morgan fingerprint density at radius 3 is 2.20 bits per heavy atom. The molecule has 35 heavy (non-hydrogen) atoms. The van der Waals surface area contributed by atoms with Gasteiger partial charge in [0, 0.05) is 5.56 Å². The molecule has 1 atom stereocenters. The van der Waals surface area contributed by atoms with Crippen LogP contribution in [0, 0.1) is 26.7 Å². The van der Waals surface area contributed by atoms with Crippen molar-refractivity contribution in [3.05, 3.63) is 88.5 Å². The molecule has 2 N–H and O–H groups in total. The van der Waals surface area contributed by atoms with Gasteiger partial charge in [0.05, 0.1) is 23.7 Å². The molecule has 0 bridgehead atoms. The summed E-state index contributed by atoms with van der Waals surface area (Å²) in [5.41, 5.74) is 4.21. The van der Waals surface area contributed by atoms with Gasteiger partial charge in [-0.25, -0.2) is 8.42 Å². The highest BCUT2D eigenvalue weighted by atomic mass is 32.2. The van der Waals surface area contributed by atoms with Crippen LogP contribution in [0.25, 0.3) is 0 Å². The lowest BCUT2D eigenvalue weighted by Gasteiger charge is -2.22. The standard InChI is InChI=1S/C28H34N2O4S/c1-18(2)15-26(22-10-12-24(34-6)13-11-22)29-28(31)23-9-8-20(4)27(17-23)35(32,33)30-25-14-7-19(3)16-21(25)5/h7-14,16-18,26,30H,15H2,1-6H3,(H,29,31)/t26-/m1/s1. The maximum atomic E-state index is 13.2. The lowest BCUT2D eigenvalue weighted by molar-refractivity contribution is 0.0931. The minimum atomic E-state index is -3.89. The van der Waals surface area contributed by atoms with Crippen LogP contribution < -0.4 is 14.8 Å². The van der Waals surface area contributed by atoms with Gasteiger partial charge in [0.2, 0.25) is 0 Å². The third-order valence-corrected chi connectivity index (χ3v) is 7.40. The molecule has 3 aromatic rings. The van der Waals surface area contributed by atoms with Gasteiger partial charge in [-0.15, -0.1) is 0 Å². The maximum Gasteiger partial charge on any atom is 0.262 e. The van der Waals surface area contributed by atoms with Crippen molar-refractivity contribution in [2.45, 2.75) is 52.0 Å². The van der Waals surface area contributed by atoms with Crippen LogP contribution in [0.5, 0.6) is 5.75 Å². The van der Waals surface area contributed by atoms with E-state index in [1.807, 2.05) is 50.2 Å². The van der Waals surface area contributed by atoms with Gasteiger partial charge in [-0.05, 0) is 80.1 Å². The van der Waals surface area contributed by atoms with Gasteiger partial charge < -0.3 is 10.1 Å². The van der Waals surface area contributed by atoms with E-state index in [1.165, 1.54) is 6.07 Å². The molecular weight excluding hydrogens is 460 g/mol. The third-order valence-electron chi connectivity index (χ3n) is 5.90. The monoisotopic (exact) mass is 494 g/mol.